The summed E-state index contributed by atoms with van der Waals surface area (Å²) in [6.45, 7) is 5.09. The Bertz CT molecular complexity index is 1210. The summed E-state index contributed by atoms with van der Waals surface area (Å²) in [7, 11) is 2.20. The van der Waals surface area contributed by atoms with Gasteiger partial charge in [-0.05, 0) is 114 Å². The zero-order valence-electron chi connectivity index (χ0n) is 23.4. The molecular formula is C30H40F3N5OS. The Balaban J connectivity index is 1.12. The molecule has 0 amide bonds. The molecule has 0 radical (unpaired) electrons. The normalized spacial score (nSPS) is 23.6. The number of alkyl halides is 3. The summed E-state index contributed by atoms with van der Waals surface area (Å²) in [5.41, 5.74) is 0.729. The van der Waals surface area contributed by atoms with Crippen LogP contribution in [-0.4, -0.2) is 64.1 Å². The summed E-state index contributed by atoms with van der Waals surface area (Å²) >= 11 is 1.94. The largest absolute Gasteiger partial charge is 0.421 e. The van der Waals surface area contributed by atoms with Crippen LogP contribution in [0.3, 0.4) is 0 Å². The van der Waals surface area contributed by atoms with Crippen LogP contribution in [0.15, 0.2) is 29.3 Å². The topological polar surface area (TPSA) is 64.5 Å². The number of anilines is 3. The first kappa shape index (κ1) is 28.1. The van der Waals surface area contributed by atoms with Crippen LogP contribution in [0.5, 0.6) is 0 Å². The number of aryl methyl sites for hydroxylation is 1. The molecule has 218 valence electrons. The van der Waals surface area contributed by atoms with E-state index in [4.69, 9.17) is 0 Å². The number of aliphatic hydroxyl groups is 1. The molecule has 0 bridgehead atoms. The van der Waals surface area contributed by atoms with Crippen LogP contribution >= 0.6 is 11.8 Å². The number of hydrogen-bond donors (Lipinski definition) is 2. The summed E-state index contributed by atoms with van der Waals surface area (Å²) in [4.78, 5) is 13.7. The molecule has 4 fully saturated rings. The van der Waals surface area contributed by atoms with E-state index in [1.165, 1.54) is 43.7 Å². The van der Waals surface area contributed by atoms with E-state index in [0.29, 0.717) is 36.6 Å². The molecule has 0 atom stereocenters. The number of benzene rings is 1. The zero-order chi connectivity index (χ0) is 28.1. The maximum absolute atomic E-state index is 13.9. The Morgan fingerprint density at radius 2 is 1.75 bits per heavy atom. The van der Waals surface area contributed by atoms with Crippen LogP contribution in [0.2, 0.25) is 0 Å². The Labute approximate surface area is 239 Å². The summed E-state index contributed by atoms with van der Waals surface area (Å²) in [5.74, 6) is 0.302. The lowest BCUT2D eigenvalue weighted by Gasteiger charge is -2.51. The lowest BCUT2D eigenvalue weighted by atomic mass is 9.63. The minimum Gasteiger partial charge on any atom is -0.389 e. The number of halogens is 3. The molecular weight excluding hydrogens is 535 g/mol. The van der Waals surface area contributed by atoms with E-state index < -0.39 is 17.3 Å². The highest BCUT2D eigenvalue weighted by Gasteiger charge is 2.46. The number of piperidine rings is 2. The molecule has 6 nitrogen and oxygen atoms in total. The van der Waals surface area contributed by atoms with Crippen molar-refractivity contribution in [1.29, 1.82) is 0 Å². The predicted octanol–water partition coefficient (Wildman–Crippen LogP) is 6.65. The molecule has 2 aliphatic carbocycles. The summed E-state index contributed by atoms with van der Waals surface area (Å²) in [6.07, 6.45) is 5.52. The van der Waals surface area contributed by atoms with E-state index in [-0.39, 0.29) is 17.7 Å². The molecule has 6 rings (SSSR count). The lowest BCUT2D eigenvalue weighted by molar-refractivity contribution is -0.137. The Morgan fingerprint density at radius 1 is 1.05 bits per heavy atom. The second-order valence-corrected chi connectivity index (χ2v) is 14.1. The third-order valence-electron chi connectivity index (χ3n) is 9.98. The summed E-state index contributed by atoms with van der Waals surface area (Å²) in [5, 5.41) is 14.8. The van der Waals surface area contributed by atoms with Gasteiger partial charge in [0.2, 0.25) is 5.95 Å². The lowest BCUT2D eigenvalue weighted by Crippen LogP contribution is -2.51. The van der Waals surface area contributed by atoms with Crippen molar-refractivity contribution in [2.45, 2.75) is 86.6 Å². The van der Waals surface area contributed by atoms with Crippen LogP contribution < -0.4 is 10.2 Å². The summed E-state index contributed by atoms with van der Waals surface area (Å²) < 4.78 is 41.7. The van der Waals surface area contributed by atoms with Gasteiger partial charge in [0.25, 0.3) is 0 Å². The molecule has 10 heteroatoms. The summed E-state index contributed by atoms with van der Waals surface area (Å²) in [6, 6.07) is 6.20. The fraction of sp³-hybridized carbons (Fsp3) is 0.667. The van der Waals surface area contributed by atoms with E-state index in [0.717, 1.165) is 36.7 Å². The molecule has 40 heavy (non-hydrogen) atoms. The second-order valence-electron chi connectivity index (χ2n) is 12.7. The van der Waals surface area contributed by atoms with Crippen molar-refractivity contribution in [3.8, 4) is 0 Å². The number of rotatable bonds is 6. The molecule has 2 saturated heterocycles. The maximum atomic E-state index is 13.9. The molecule has 0 unspecified atom stereocenters. The van der Waals surface area contributed by atoms with Crippen LogP contribution in [0.4, 0.5) is 30.6 Å². The first-order valence-electron chi connectivity index (χ1n) is 14.7. The highest BCUT2D eigenvalue weighted by atomic mass is 32.2. The standard InChI is InChI=1S/C30H40F3N5OS/c1-20-16-22(40-23-17-28(18-23)8-12-37(2)13-9-28)6-7-25(20)35-27-34-19-24(30(31,32)33)26(36-27)38-14-10-29(39,11-15-38)21-4-3-5-21/h6-7,16,19,21,23,39H,3-5,8-15,17-18H2,1-2H3,(H,34,35,36). The zero-order valence-corrected chi connectivity index (χ0v) is 24.3. The fourth-order valence-corrected chi connectivity index (χ4v) is 8.64. The van der Waals surface area contributed by atoms with Gasteiger partial charge < -0.3 is 20.2 Å². The second kappa shape index (κ2) is 10.7. The van der Waals surface area contributed by atoms with Gasteiger partial charge in [-0.3, -0.25) is 0 Å². The number of thioether (sulfide) groups is 1. The minimum absolute atomic E-state index is 0.113. The highest BCUT2D eigenvalue weighted by molar-refractivity contribution is 8.00. The van der Waals surface area contributed by atoms with Gasteiger partial charge in [-0.25, -0.2) is 4.98 Å². The van der Waals surface area contributed by atoms with Crippen molar-refractivity contribution in [2.24, 2.45) is 11.3 Å². The molecule has 1 aromatic heterocycles. The molecule has 2 aliphatic heterocycles. The van der Waals surface area contributed by atoms with Crippen molar-refractivity contribution in [3.05, 3.63) is 35.5 Å². The van der Waals surface area contributed by atoms with Crippen LogP contribution in [0.1, 0.15) is 68.9 Å². The number of hydrogen-bond acceptors (Lipinski definition) is 7. The van der Waals surface area contributed by atoms with E-state index in [2.05, 4.69) is 39.4 Å². The minimum atomic E-state index is -4.56. The van der Waals surface area contributed by atoms with E-state index in [1.807, 2.05) is 24.8 Å². The number of nitrogens with one attached hydrogen (secondary N) is 1. The van der Waals surface area contributed by atoms with Gasteiger partial charge in [0.1, 0.15) is 11.4 Å². The number of nitrogens with zero attached hydrogens (tertiary/aromatic N) is 4. The Morgan fingerprint density at radius 3 is 2.35 bits per heavy atom. The molecule has 4 aliphatic rings. The first-order valence-corrected chi connectivity index (χ1v) is 15.5. The number of likely N-dealkylation sites (tertiary alicyclic amines) is 1. The fourth-order valence-electron chi connectivity index (χ4n) is 6.99. The van der Waals surface area contributed by atoms with Gasteiger partial charge in [0.05, 0.1) is 5.60 Å². The van der Waals surface area contributed by atoms with E-state index in [1.54, 1.807) is 4.90 Å². The molecule has 3 heterocycles. The van der Waals surface area contributed by atoms with Crippen molar-refractivity contribution in [2.75, 3.05) is 43.4 Å². The van der Waals surface area contributed by atoms with Crippen molar-refractivity contribution < 1.29 is 18.3 Å². The molecule has 2 aromatic rings. The van der Waals surface area contributed by atoms with E-state index >= 15 is 0 Å². The van der Waals surface area contributed by atoms with Gasteiger partial charge in [0.15, 0.2) is 0 Å². The third-order valence-corrected chi connectivity index (χ3v) is 11.2. The van der Waals surface area contributed by atoms with Crippen LogP contribution in [0.25, 0.3) is 0 Å². The van der Waals surface area contributed by atoms with E-state index in [9.17, 15) is 18.3 Å². The third kappa shape index (κ3) is 5.68. The van der Waals surface area contributed by atoms with Crippen molar-refractivity contribution in [1.82, 2.24) is 14.9 Å². The van der Waals surface area contributed by atoms with Gasteiger partial charge >= 0.3 is 6.18 Å². The Kier molecular flexibility index (Phi) is 7.49. The molecule has 1 spiro atoms. The van der Waals surface area contributed by atoms with Gasteiger partial charge in [-0.2, -0.15) is 18.2 Å². The quantitative estimate of drug-likeness (QED) is 0.400. The van der Waals surface area contributed by atoms with Gasteiger partial charge in [0, 0.05) is 35.1 Å². The SMILES string of the molecule is Cc1cc(SC2CC3(CCN(C)CC3)C2)ccc1Nc1ncc(C(F)(F)F)c(N2CCC(O)(C3CCC3)CC2)n1. The smallest absolute Gasteiger partial charge is 0.389 e. The van der Waals surface area contributed by atoms with Crippen LogP contribution in [0, 0.1) is 18.3 Å². The van der Waals surface area contributed by atoms with Crippen molar-refractivity contribution in [3.63, 3.8) is 0 Å². The van der Waals surface area contributed by atoms with Crippen molar-refractivity contribution >= 4 is 29.2 Å². The van der Waals surface area contributed by atoms with Gasteiger partial charge in [-0.1, -0.05) is 6.42 Å². The number of aromatic nitrogens is 2. The maximum Gasteiger partial charge on any atom is 0.421 e. The molecule has 1 aromatic carbocycles. The Hall–Kier alpha value is -2.04. The highest BCUT2D eigenvalue weighted by Crippen LogP contribution is 2.54. The predicted molar refractivity (Wildman–Crippen MR) is 153 cm³/mol. The first-order chi connectivity index (χ1) is 19.0. The average molecular weight is 576 g/mol. The average Bonchev–Trinajstić information content (AvgIpc) is 2.85. The van der Waals surface area contributed by atoms with Crippen LogP contribution in [-0.2, 0) is 6.18 Å². The van der Waals surface area contributed by atoms with Gasteiger partial charge in [-0.15, -0.1) is 11.8 Å². The molecule has 2 saturated carbocycles. The monoisotopic (exact) mass is 575 g/mol. The molecule has 2 N–H and O–H groups in total.